The second-order valence-corrected chi connectivity index (χ2v) is 6.61. The monoisotopic (exact) mass is 442 g/mol. The summed E-state index contributed by atoms with van der Waals surface area (Å²) in [6.45, 7) is 0. The summed E-state index contributed by atoms with van der Waals surface area (Å²) in [5.41, 5.74) is -0.523. The van der Waals surface area contributed by atoms with Gasteiger partial charge >= 0.3 is 11.8 Å². The smallest absolute Gasteiger partial charge is 0.314 e. The van der Waals surface area contributed by atoms with Gasteiger partial charge in [0.15, 0.2) is 11.5 Å². The molecule has 0 aromatic heterocycles. The van der Waals surface area contributed by atoms with E-state index < -0.39 is 23.3 Å². The molecule has 0 spiro atoms. The van der Waals surface area contributed by atoms with Crippen LogP contribution in [0.25, 0.3) is 0 Å². The van der Waals surface area contributed by atoms with E-state index in [9.17, 15) is 19.8 Å². The molecule has 0 aliphatic carbocycles. The molecule has 2 rings (SSSR count). The average Bonchev–Trinajstić information content (AvgIpc) is 2.54. The molecule has 0 bridgehead atoms. The molecule has 2 amide bonds. The van der Waals surface area contributed by atoms with Crippen molar-refractivity contribution in [2.24, 2.45) is 0 Å². The topological polar surface area (TPSA) is 98.7 Å². The van der Waals surface area contributed by atoms with E-state index >= 15 is 0 Å². The maximum atomic E-state index is 12.0. The van der Waals surface area contributed by atoms with E-state index in [-0.39, 0.29) is 36.5 Å². The highest BCUT2D eigenvalue weighted by atomic mass is 35.5. The predicted molar refractivity (Wildman–Crippen MR) is 98.5 cm³/mol. The molecule has 2 aromatic carbocycles. The standard InChI is InChI=1S/C14H7Cl5N2O4/c15-4-1-6(17)11(22)8(2-4)20-13(24)14(25)21-10-9(19)5(16)3-7(18)12(10)23/h1-3,22-23H,(H,20,24)(H,21,25). The molecule has 4 N–H and O–H groups in total. The van der Waals surface area contributed by atoms with Crippen molar-refractivity contribution in [3.63, 3.8) is 0 Å². The molecular weight excluding hydrogens is 437 g/mol. The normalized spacial score (nSPS) is 10.4. The molecule has 0 saturated heterocycles. The van der Waals surface area contributed by atoms with Crippen LogP contribution in [0.2, 0.25) is 25.1 Å². The lowest BCUT2D eigenvalue weighted by atomic mass is 10.2. The molecular formula is C14H7Cl5N2O4. The van der Waals surface area contributed by atoms with Crippen LogP contribution >= 0.6 is 58.0 Å². The van der Waals surface area contributed by atoms with Crippen LogP contribution in [-0.2, 0) is 9.59 Å². The van der Waals surface area contributed by atoms with Gasteiger partial charge in [0.2, 0.25) is 0 Å². The van der Waals surface area contributed by atoms with Crippen LogP contribution in [0, 0.1) is 0 Å². The van der Waals surface area contributed by atoms with Crippen LogP contribution < -0.4 is 10.6 Å². The zero-order valence-corrected chi connectivity index (χ0v) is 15.6. The van der Waals surface area contributed by atoms with E-state index in [0.29, 0.717) is 0 Å². The summed E-state index contributed by atoms with van der Waals surface area (Å²) >= 11 is 28.9. The van der Waals surface area contributed by atoms with Gasteiger partial charge in [0, 0.05) is 5.02 Å². The lowest BCUT2D eigenvalue weighted by molar-refractivity contribution is -0.133. The first-order chi connectivity index (χ1) is 11.6. The molecule has 11 heteroatoms. The quantitative estimate of drug-likeness (QED) is 0.299. The maximum absolute atomic E-state index is 12.0. The Morgan fingerprint density at radius 2 is 1.32 bits per heavy atom. The summed E-state index contributed by atoms with van der Waals surface area (Å²) in [7, 11) is 0. The predicted octanol–water partition coefficient (Wildman–Crippen LogP) is 4.94. The average molecular weight is 444 g/mol. The van der Waals surface area contributed by atoms with Gasteiger partial charge in [0.25, 0.3) is 0 Å². The first-order valence-electron chi connectivity index (χ1n) is 6.28. The van der Waals surface area contributed by atoms with Crippen LogP contribution in [0.5, 0.6) is 11.5 Å². The lowest BCUT2D eigenvalue weighted by Gasteiger charge is -2.12. The number of phenols is 2. The highest BCUT2D eigenvalue weighted by Crippen LogP contribution is 2.42. The summed E-state index contributed by atoms with van der Waals surface area (Å²) in [6.07, 6.45) is 0. The fourth-order valence-corrected chi connectivity index (χ4v) is 2.86. The van der Waals surface area contributed by atoms with Gasteiger partial charge in [0.1, 0.15) is 5.69 Å². The molecule has 0 heterocycles. The zero-order valence-electron chi connectivity index (χ0n) is 11.8. The fraction of sp³-hybridized carbons (Fsp3) is 0. The van der Waals surface area contributed by atoms with Crippen molar-refractivity contribution >= 4 is 81.2 Å². The Balaban J connectivity index is 2.24. The summed E-state index contributed by atoms with van der Waals surface area (Å²) in [5.74, 6) is -3.45. The number of aromatic hydroxyl groups is 2. The second kappa shape index (κ2) is 7.76. The number of halogens is 5. The van der Waals surface area contributed by atoms with Crippen LogP contribution in [-0.4, -0.2) is 22.0 Å². The first kappa shape index (κ1) is 19.8. The Kier molecular flexibility index (Phi) is 6.13. The van der Waals surface area contributed by atoms with Crippen molar-refractivity contribution in [2.45, 2.75) is 0 Å². The SMILES string of the molecule is O=C(Nc1cc(Cl)cc(Cl)c1O)C(=O)Nc1c(O)c(Cl)cc(Cl)c1Cl. The van der Waals surface area contributed by atoms with Gasteiger partial charge in [-0.3, -0.25) is 9.59 Å². The van der Waals surface area contributed by atoms with E-state index in [1.807, 2.05) is 0 Å². The van der Waals surface area contributed by atoms with Gasteiger partial charge in [-0.1, -0.05) is 58.0 Å². The van der Waals surface area contributed by atoms with E-state index in [2.05, 4.69) is 10.6 Å². The molecule has 0 saturated carbocycles. The Morgan fingerprint density at radius 3 is 1.96 bits per heavy atom. The lowest BCUT2D eigenvalue weighted by Crippen LogP contribution is -2.29. The third kappa shape index (κ3) is 4.34. The summed E-state index contributed by atoms with van der Waals surface area (Å²) in [6, 6.07) is 3.61. The van der Waals surface area contributed by atoms with Crippen molar-refractivity contribution in [3.8, 4) is 11.5 Å². The van der Waals surface area contributed by atoms with Crippen molar-refractivity contribution in [2.75, 3.05) is 10.6 Å². The number of hydrogen-bond donors (Lipinski definition) is 4. The highest BCUT2D eigenvalue weighted by molar-refractivity contribution is 6.48. The molecule has 25 heavy (non-hydrogen) atoms. The minimum Gasteiger partial charge on any atom is -0.504 e. The number of benzene rings is 2. The number of nitrogens with one attached hydrogen (secondary N) is 2. The van der Waals surface area contributed by atoms with Crippen LogP contribution in [0.15, 0.2) is 18.2 Å². The zero-order chi connectivity index (χ0) is 18.9. The Bertz CT molecular complexity index is 862. The Labute approximate surface area is 166 Å². The van der Waals surface area contributed by atoms with E-state index in [1.54, 1.807) is 0 Å². The van der Waals surface area contributed by atoms with Gasteiger partial charge in [-0.15, -0.1) is 0 Å². The van der Waals surface area contributed by atoms with Gasteiger partial charge in [-0.2, -0.15) is 0 Å². The second-order valence-electron chi connectivity index (χ2n) is 4.57. The van der Waals surface area contributed by atoms with Crippen molar-refractivity contribution in [1.82, 2.24) is 0 Å². The Hall–Kier alpha value is -1.57. The van der Waals surface area contributed by atoms with Crippen LogP contribution in [0.3, 0.4) is 0 Å². The minimum atomic E-state index is -1.22. The summed E-state index contributed by atoms with van der Waals surface area (Å²) < 4.78 is 0. The van der Waals surface area contributed by atoms with Crippen LogP contribution in [0.1, 0.15) is 0 Å². The number of carbonyl (C=O) groups excluding carboxylic acids is 2. The number of phenolic OH excluding ortho intramolecular Hbond substituents is 2. The molecule has 0 radical (unpaired) electrons. The molecule has 6 nitrogen and oxygen atoms in total. The number of amides is 2. The van der Waals surface area contributed by atoms with Gasteiger partial charge in [-0.05, 0) is 18.2 Å². The Morgan fingerprint density at radius 1 is 0.760 bits per heavy atom. The number of rotatable bonds is 2. The highest BCUT2D eigenvalue weighted by Gasteiger charge is 2.22. The number of anilines is 2. The molecule has 2 aromatic rings. The molecule has 0 aliphatic heterocycles. The molecule has 0 fully saturated rings. The summed E-state index contributed by atoms with van der Waals surface area (Å²) in [4.78, 5) is 24.0. The molecule has 132 valence electrons. The molecule has 0 atom stereocenters. The van der Waals surface area contributed by atoms with Gasteiger partial charge in [-0.25, -0.2) is 0 Å². The first-order valence-corrected chi connectivity index (χ1v) is 8.17. The third-order valence-electron chi connectivity index (χ3n) is 2.87. The van der Waals surface area contributed by atoms with Crippen molar-refractivity contribution in [3.05, 3.63) is 43.3 Å². The van der Waals surface area contributed by atoms with E-state index in [1.165, 1.54) is 18.2 Å². The molecule has 0 aliphatic rings. The number of hydrogen-bond acceptors (Lipinski definition) is 4. The third-order valence-corrected chi connectivity index (χ3v) is 4.45. The number of carbonyl (C=O) groups is 2. The van der Waals surface area contributed by atoms with Crippen LogP contribution in [0.4, 0.5) is 11.4 Å². The van der Waals surface area contributed by atoms with Crippen molar-refractivity contribution in [1.29, 1.82) is 0 Å². The van der Waals surface area contributed by atoms with E-state index in [4.69, 9.17) is 58.0 Å². The van der Waals surface area contributed by atoms with E-state index in [0.717, 1.165) is 0 Å². The summed E-state index contributed by atoms with van der Waals surface area (Å²) in [5, 5.41) is 23.4. The van der Waals surface area contributed by atoms with Gasteiger partial charge in [0.05, 0.1) is 25.8 Å². The maximum Gasteiger partial charge on any atom is 0.314 e. The molecule has 0 unspecified atom stereocenters. The largest absolute Gasteiger partial charge is 0.504 e. The fourth-order valence-electron chi connectivity index (χ4n) is 1.71. The van der Waals surface area contributed by atoms with Gasteiger partial charge < -0.3 is 20.8 Å². The van der Waals surface area contributed by atoms with Crippen molar-refractivity contribution < 1.29 is 19.8 Å². The minimum absolute atomic E-state index is 0.0422.